The Balaban J connectivity index is 1.28. The molecule has 1 saturated heterocycles. The molecule has 1 aliphatic rings. The number of ether oxygens (including phenoxy) is 2. The molecule has 13 nitrogen and oxygen atoms in total. The van der Waals surface area contributed by atoms with Crippen LogP contribution in [0.5, 0.6) is 6.01 Å². The number of halogens is 1. The van der Waals surface area contributed by atoms with E-state index in [1.807, 2.05) is 13.0 Å². The number of hydrogen-bond acceptors (Lipinski definition) is 11. The van der Waals surface area contributed by atoms with Gasteiger partial charge in [0.05, 0.1) is 30.0 Å². The van der Waals surface area contributed by atoms with Crippen molar-refractivity contribution in [2.24, 2.45) is 0 Å². The van der Waals surface area contributed by atoms with Gasteiger partial charge >= 0.3 is 6.01 Å². The fraction of sp³-hybridized carbons (Fsp3) is 0.296. The van der Waals surface area contributed by atoms with E-state index >= 15 is 0 Å². The first-order valence-electron chi connectivity index (χ1n) is 13.0. The van der Waals surface area contributed by atoms with Crippen LogP contribution in [-0.2, 0) is 21.2 Å². The minimum atomic E-state index is -3.87. The number of nitrogens with zero attached hydrogens (tertiary/aromatic N) is 5. The number of nitrogen functional groups attached to an aromatic ring is 1. The van der Waals surface area contributed by atoms with E-state index in [4.69, 9.17) is 15.2 Å². The molecule has 4 heterocycles. The number of imidazole rings is 1. The molecule has 0 unspecified atom stereocenters. The van der Waals surface area contributed by atoms with Crippen molar-refractivity contribution in [1.29, 1.82) is 0 Å². The molecule has 0 spiro atoms. The lowest BCUT2D eigenvalue weighted by molar-refractivity contribution is -0.0511. The van der Waals surface area contributed by atoms with Gasteiger partial charge < -0.3 is 30.5 Å². The maximum absolute atomic E-state index is 13.6. The van der Waals surface area contributed by atoms with Crippen molar-refractivity contribution in [2.45, 2.75) is 42.8 Å². The molecular formula is C27H27BrN6O7S. The SMILES string of the molecule is Cc1ccc(S(=O)(=O)n2cc(CCOc3nc(N)c4ncn([C@@H]5O[C@H](CO)[C@@H](O)[C@H]5O)c4n3)c3c(Br)cccc32)cc1. The van der Waals surface area contributed by atoms with Crippen molar-refractivity contribution in [3.05, 3.63) is 70.6 Å². The van der Waals surface area contributed by atoms with Gasteiger partial charge in [0.15, 0.2) is 23.2 Å². The van der Waals surface area contributed by atoms with Crippen LogP contribution in [0, 0.1) is 6.92 Å². The number of benzene rings is 2. The van der Waals surface area contributed by atoms with E-state index in [0.29, 0.717) is 11.9 Å². The highest BCUT2D eigenvalue weighted by Gasteiger charge is 2.44. The van der Waals surface area contributed by atoms with Crippen molar-refractivity contribution < 1.29 is 33.2 Å². The molecule has 0 bridgehead atoms. The van der Waals surface area contributed by atoms with Crippen LogP contribution >= 0.6 is 15.9 Å². The third-order valence-corrected chi connectivity index (χ3v) is 9.57. The zero-order valence-corrected chi connectivity index (χ0v) is 24.6. The fourth-order valence-electron chi connectivity index (χ4n) is 5.03. The Morgan fingerprint density at radius 2 is 1.88 bits per heavy atom. The molecule has 6 rings (SSSR count). The Bertz CT molecular complexity index is 1890. The predicted molar refractivity (Wildman–Crippen MR) is 155 cm³/mol. The second-order valence-corrected chi connectivity index (χ2v) is 12.6. The summed E-state index contributed by atoms with van der Waals surface area (Å²) >= 11 is 3.56. The Kier molecular flexibility index (Phi) is 7.41. The number of aryl methyl sites for hydroxylation is 1. The standard InChI is InChI=1S/C27H27BrN6O7S/c1-14-5-7-16(8-6-14)42(38,39)34-11-15(20-17(28)3-2-4-18(20)34)9-10-40-27-31-24(29)21-25(32-27)33(13-30-21)26-23(37)22(36)19(12-35)41-26/h2-8,11,13,19,22-23,26,35-37H,9-10,12H2,1H3,(H2,29,31,32)/t19-,22-,23-,26-/m1/s1. The van der Waals surface area contributed by atoms with Crippen molar-refractivity contribution in [3.8, 4) is 6.01 Å². The summed E-state index contributed by atoms with van der Waals surface area (Å²) in [6, 6.07) is 12.0. The van der Waals surface area contributed by atoms with Gasteiger partial charge in [-0.1, -0.05) is 39.7 Å². The number of anilines is 1. The van der Waals surface area contributed by atoms with Crippen LogP contribution in [-0.4, -0.2) is 78.8 Å². The lowest BCUT2D eigenvalue weighted by Gasteiger charge is -2.16. The van der Waals surface area contributed by atoms with Gasteiger partial charge in [0.25, 0.3) is 10.0 Å². The van der Waals surface area contributed by atoms with Crippen LogP contribution in [0.1, 0.15) is 17.4 Å². The van der Waals surface area contributed by atoms with Crippen molar-refractivity contribution in [2.75, 3.05) is 18.9 Å². The monoisotopic (exact) mass is 658 g/mol. The van der Waals surface area contributed by atoms with Gasteiger partial charge in [0.1, 0.15) is 18.3 Å². The zero-order valence-electron chi connectivity index (χ0n) is 22.2. The summed E-state index contributed by atoms with van der Waals surface area (Å²) in [5.41, 5.74) is 8.74. The molecule has 15 heteroatoms. The van der Waals surface area contributed by atoms with E-state index in [2.05, 4.69) is 30.9 Å². The van der Waals surface area contributed by atoms with Crippen LogP contribution in [0.15, 0.2) is 64.4 Å². The molecule has 1 fully saturated rings. The van der Waals surface area contributed by atoms with E-state index in [1.165, 1.54) is 14.9 Å². The predicted octanol–water partition coefficient (Wildman–Crippen LogP) is 1.90. The molecule has 5 aromatic rings. The van der Waals surface area contributed by atoms with Crippen LogP contribution < -0.4 is 10.5 Å². The summed E-state index contributed by atoms with van der Waals surface area (Å²) in [7, 11) is -3.87. The molecule has 2 aromatic carbocycles. The molecule has 0 radical (unpaired) electrons. The summed E-state index contributed by atoms with van der Waals surface area (Å²) in [6.45, 7) is 1.49. The summed E-state index contributed by atoms with van der Waals surface area (Å²) in [5.74, 6) is 0.0315. The molecule has 3 aromatic heterocycles. The zero-order chi connectivity index (χ0) is 29.8. The molecular weight excluding hydrogens is 632 g/mol. The highest BCUT2D eigenvalue weighted by atomic mass is 79.9. The smallest absolute Gasteiger partial charge is 0.320 e. The van der Waals surface area contributed by atoms with Crippen LogP contribution in [0.2, 0.25) is 0 Å². The number of aliphatic hydroxyl groups excluding tert-OH is 3. The quantitative estimate of drug-likeness (QED) is 0.191. The number of aromatic nitrogens is 5. The topological polar surface area (TPSA) is 188 Å². The summed E-state index contributed by atoms with van der Waals surface area (Å²) in [6.07, 6.45) is -1.44. The van der Waals surface area contributed by atoms with E-state index in [9.17, 15) is 23.7 Å². The number of fused-ring (bicyclic) bond motifs is 2. The Hall–Kier alpha value is -3.60. The summed E-state index contributed by atoms with van der Waals surface area (Å²) in [4.78, 5) is 12.9. The minimum Gasteiger partial charge on any atom is -0.463 e. The summed E-state index contributed by atoms with van der Waals surface area (Å²) < 4.78 is 42.0. The molecule has 4 atom stereocenters. The van der Waals surface area contributed by atoms with Gasteiger partial charge in [-0.15, -0.1) is 0 Å². The number of nitrogens with two attached hydrogens (primary N) is 1. The van der Waals surface area contributed by atoms with Crippen LogP contribution in [0.4, 0.5) is 5.82 Å². The largest absolute Gasteiger partial charge is 0.463 e. The maximum Gasteiger partial charge on any atom is 0.320 e. The first-order chi connectivity index (χ1) is 20.1. The number of rotatable bonds is 8. The lowest BCUT2D eigenvalue weighted by Crippen LogP contribution is -2.33. The maximum atomic E-state index is 13.6. The highest BCUT2D eigenvalue weighted by Crippen LogP contribution is 2.34. The molecule has 0 amide bonds. The molecule has 220 valence electrons. The Morgan fingerprint density at radius 1 is 1.12 bits per heavy atom. The Labute approximate surface area is 248 Å². The van der Waals surface area contributed by atoms with Crippen molar-refractivity contribution >= 4 is 53.8 Å². The first-order valence-corrected chi connectivity index (χ1v) is 15.2. The third-order valence-electron chi connectivity index (χ3n) is 7.22. The first kappa shape index (κ1) is 28.5. The van der Waals surface area contributed by atoms with Crippen LogP contribution in [0.3, 0.4) is 0 Å². The second kappa shape index (κ2) is 10.9. The van der Waals surface area contributed by atoms with E-state index in [0.717, 1.165) is 21.0 Å². The normalized spacial score (nSPS) is 21.0. The van der Waals surface area contributed by atoms with Gasteiger partial charge in [-0.25, -0.2) is 17.4 Å². The molecule has 5 N–H and O–H groups in total. The molecule has 42 heavy (non-hydrogen) atoms. The molecule has 0 saturated carbocycles. The summed E-state index contributed by atoms with van der Waals surface area (Å²) in [5, 5.41) is 30.8. The Morgan fingerprint density at radius 3 is 2.60 bits per heavy atom. The minimum absolute atomic E-state index is 0.0315. The average Bonchev–Trinajstić information content (AvgIpc) is 3.64. The number of hydrogen-bond donors (Lipinski definition) is 4. The van der Waals surface area contributed by atoms with Crippen LogP contribution in [0.25, 0.3) is 22.1 Å². The van der Waals surface area contributed by atoms with Gasteiger partial charge in [-0.3, -0.25) is 4.57 Å². The molecule has 0 aliphatic carbocycles. The van der Waals surface area contributed by atoms with Gasteiger partial charge in [0.2, 0.25) is 0 Å². The third kappa shape index (κ3) is 4.81. The van der Waals surface area contributed by atoms with Gasteiger partial charge in [0, 0.05) is 22.5 Å². The second-order valence-electron chi connectivity index (χ2n) is 9.95. The van der Waals surface area contributed by atoms with E-state index in [-0.39, 0.29) is 34.5 Å². The lowest BCUT2D eigenvalue weighted by atomic mass is 10.1. The van der Waals surface area contributed by atoms with Gasteiger partial charge in [-0.2, -0.15) is 9.97 Å². The van der Waals surface area contributed by atoms with Gasteiger partial charge in [-0.05, 0) is 36.8 Å². The highest BCUT2D eigenvalue weighted by molar-refractivity contribution is 9.10. The van der Waals surface area contributed by atoms with Crippen molar-refractivity contribution in [3.63, 3.8) is 0 Å². The molecule has 1 aliphatic heterocycles. The fourth-order valence-corrected chi connectivity index (χ4v) is 7.03. The van der Waals surface area contributed by atoms with E-state index in [1.54, 1.807) is 42.6 Å². The average molecular weight is 660 g/mol. The van der Waals surface area contributed by atoms with Crippen molar-refractivity contribution in [1.82, 2.24) is 23.5 Å². The number of aliphatic hydroxyl groups is 3. The van der Waals surface area contributed by atoms with E-state index < -0.39 is 41.2 Å².